The summed E-state index contributed by atoms with van der Waals surface area (Å²) in [6.07, 6.45) is -0.0546. The van der Waals surface area contributed by atoms with Gasteiger partial charge in [-0.2, -0.15) is 0 Å². The van der Waals surface area contributed by atoms with Gasteiger partial charge in [-0.05, 0) is 30.7 Å². The number of carbonyl (C=O) groups excluding carboxylic acids is 1. The second-order valence-corrected chi connectivity index (χ2v) is 8.00. The van der Waals surface area contributed by atoms with Crippen molar-refractivity contribution in [3.8, 4) is 0 Å². The van der Waals surface area contributed by atoms with Crippen molar-refractivity contribution in [1.29, 1.82) is 0 Å². The molecular formula is C11H11BrClNO3S. The van der Waals surface area contributed by atoms with Crippen LogP contribution in [0.5, 0.6) is 0 Å². The van der Waals surface area contributed by atoms with Crippen LogP contribution in [-0.4, -0.2) is 26.1 Å². The van der Waals surface area contributed by atoms with E-state index in [9.17, 15) is 13.2 Å². The lowest BCUT2D eigenvalue weighted by atomic mass is 10.2. The maximum Gasteiger partial charge on any atom is 0.237 e. The Hall–Kier alpha value is -0.590. The molecule has 0 aromatic heterocycles. The summed E-state index contributed by atoms with van der Waals surface area (Å²) in [4.78, 5) is 13.3. The molecule has 1 atom stereocenters. The van der Waals surface area contributed by atoms with Gasteiger partial charge in [-0.3, -0.25) is 4.79 Å². The van der Waals surface area contributed by atoms with Gasteiger partial charge in [0.2, 0.25) is 15.0 Å². The molecule has 98 valence electrons. The highest BCUT2D eigenvalue weighted by molar-refractivity contribution is 9.10. The number of benzene rings is 1. The first-order valence-electron chi connectivity index (χ1n) is 5.29. The molecule has 1 amide bonds. The standard InChI is InChI=1S/C11H11BrClNO3S/c1-7-4-8(2-3-10(7)12)14-6-9(5-11(14)15)18(13,16)17/h2-4,9H,5-6H2,1H3. The van der Waals surface area contributed by atoms with Gasteiger partial charge >= 0.3 is 0 Å². The molecule has 0 aliphatic carbocycles. The summed E-state index contributed by atoms with van der Waals surface area (Å²) in [6.45, 7) is 2.02. The van der Waals surface area contributed by atoms with Gasteiger partial charge in [0.25, 0.3) is 0 Å². The monoisotopic (exact) mass is 351 g/mol. The molecule has 1 aliphatic heterocycles. The molecule has 1 aromatic rings. The quantitative estimate of drug-likeness (QED) is 0.768. The summed E-state index contributed by atoms with van der Waals surface area (Å²) >= 11 is 3.38. The lowest BCUT2D eigenvalue weighted by molar-refractivity contribution is -0.117. The van der Waals surface area contributed by atoms with Crippen LogP contribution in [0.15, 0.2) is 22.7 Å². The van der Waals surface area contributed by atoms with Gasteiger partial charge in [-0.1, -0.05) is 15.9 Å². The first-order chi connectivity index (χ1) is 8.29. The van der Waals surface area contributed by atoms with Gasteiger partial charge < -0.3 is 4.90 Å². The molecule has 1 heterocycles. The first-order valence-corrected chi connectivity index (χ1v) is 8.45. The normalized spacial score (nSPS) is 20.5. The molecule has 4 nitrogen and oxygen atoms in total. The second kappa shape index (κ2) is 4.83. The SMILES string of the molecule is Cc1cc(N2CC(S(=O)(=O)Cl)CC2=O)ccc1Br. The highest BCUT2D eigenvalue weighted by Gasteiger charge is 2.37. The van der Waals surface area contributed by atoms with E-state index in [1.165, 1.54) is 4.90 Å². The van der Waals surface area contributed by atoms with Crippen molar-refractivity contribution in [3.63, 3.8) is 0 Å². The van der Waals surface area contributed by atoms with Gasteiger partial charge in [-0.25, -0.2) is 8.42 Å². The van der Waals surface area contributed by atoms with Crippen LogP contribution < -0.4 is 4.90 Å². The van der Waals surface area contributed by atoms with Crippen LogP contribution in [0, 0.1) is 6.92 Å². The Balaban J connectivity index is 2.30. The Kier molecular flexibility index (Phi) is 3.71. The summed E-state index contributed by atoms with van der Waals surface area (Å²) in [5, 5.41) is -0.824. The summed E-state index contributed by atoms with van der Waals surface area (Å²) in [6, 6.07) is 5.45. The zero-order chi connectivity index (χ0) is 13.5. The molecule has 1 unspecified atom stereocenters. The van der Waals surface area contributed by atoms with E-state index >= 15 is 0 Å². The predicted molar refractivity (Wildman–Crippen MR) is 74.4 cm³/mol. The van der Waals surface area contributed by atoms with Crippen molar-refractivity contribution in [2.45, 2.75) is 18.6 Å². The van der Waals surface area contributed by atoms with Crippen molar-refractivity contribution in [1.82, 2.24) is 0 Å². The number of rotatable bonds is 2. The molecule has 0 bridgehead atoms. The van der Waals surface area contributed by atoms with Crippen LogP contribution in [0.3, 0.4) is 0 Å². The number of nitrogens with zero attached hydrogens (tertiary/aromatic N) is 1. The third kappa shape index (κ3) is 2.70. The molecule has 1 fully saturated rings. The van der Waals surface area contributed by atoms with Crippen LogP contribution in [0.1, 0.15) is 12.0 Å². The molecule has 1 saturated heterocycles. The number of halogens is 2. The smallest absolute Gasteiger partial charge is 0.237 e. The lowest BCUT2D eigenvalue weighted by Gasteiger charge is -2.17. The highest BCUT2D eigenvalue weighted by Crippen LogP contribution is 2.29. The van der Waals surface area contributed by atoms with Crippen LogP contribution in [0.25, 0.3) is 0 Å². The Morgan fingerprint density at radius 3 is 2.61 bits per heavy atom. The van der Waals surface area contributed by atoms with E-state index in [0.717, 1.165) is 10.0 Å². The lowest BCUT2D eigenvalue weighted by Crippen LogP contribution is -2.26. The van der Waals surface area contributed by atoms with E-state index in [0.29, 0.717) is 5.69 Å². The fraction of sp³-hybridized carbons (Fsp3) is 0.364. The number of amides is 1. The third-order valence-electron chi connectivity index (χ3n) is 2.94. The van der Waals surface area contributed by atoms with Crippen molar-refractivity contribution in [2.75, 3.05) is 11.4 Å². The summed E-state index contributed by atoms with van der Waals surface area (Å²) in [5.74, 6) is -0.217. The van der Waals surface area contributed by atoms with E-state index in [2.05, 4.69) is 15.9 Å². The average molecular weight is 353 g/mol. The Bertz CT molecular complexity index is 602. The zero-order valence-corrected chi connectivity index (χ0v) is 12.7. The zero-order valence-electron chi connectivity index (χ0n) is 9.56. The van der Waals surface area contributed by atoms with Gasteiger partial charge in [0.1, 0.15) is 5.25 Å². The molecule has 1 aliphatic rings. The Morgan fingerprint density at radius 1 is 1.44 bits per heavy atom. The molecule has 0 spiro atoms. The van der Waals surface area contributed by atoms with Crippen LogP contribution >= 0.6 is 26.6 Å². The van der Waals surface area contributed by atoms with Crippen LogP contribution in [0.4, 0.5) is 5.69 Å². The van der Waals surface area contributed by atoms with Crippen molar-refractivity contribution in [3.05, 3.63) is 28.2 Å². The average Bonchev–Trinajstić information content (AvgIpc) is 2.64. The topological polar surface area (TPSA) is 54.5 Å². The highest BCUT2D eigenvalue weighted by atomic mass is 79.9. The van der Waals surface area contributed by atoms with E-state index in [-0.39, 0.29) is 18.9 Å². The van der Waals surface area contributed by atoms with E-state index < -0.39 is 14.3 Å². The van der Waals surface area contributed by atoms with Crippen LogP contribution in [0.2, 0.25) is 0 Å². The number of aryl methyl sites for hydroxylation is 1. The molecule has 1 aromatic carbocycles. The van der Waals surface area contributed by atoms with E-state index in [4.69, 9.17) is 10.7 Å². The summed E-state index contributed by atoms with van der Waals surface area (Å²) in [5.41, 5.74) is 1.68. The molecule has 0 radical (unpaired) electrons. The number of anilines is 1. The van der Waals surface area contributed by atoms with Crippen molar-refractivity contribution < 1.29 is 13.2 Å². The van der Waals surface area contributed by atoms with Gasteiger partial charge in [0.05, 0.1) is 0 Å². The molecule has 18 heavy (non-hydrogen) atoms. The molecule has 0 saturated carbocycles. The first kappa shape index (κ1) is 13.8. The predicted octanol–water partition coefficient (Wildman–Crippen LogP) is 2.43. The Morgan fingerprint density at radius 2 is 2.11 bits per heavy atom. The maximum absolute atomic E-state index is 11.8. The van der Waals surface area contributed by atoms with Gasteiger partial charge in [0, 0.05) is 33.8 Å². The molecule has 2 rings (SSSR count). The number of carbonyl (C=O) groups is 1. The largest absolute Gasteiger partial charge is 0.311 e. The minimum absolute atomic E-state index is 0.0546. The van der Waals surface area contributed by atoms with E-state index in [1.807, 2.05) is 19.1 Å². The van der Waals surface area contributed by atoms with E-state index in [1.54, 1.807) is 6.07 Å². The minimum Gasteiger partial charge on any atom is -0.311 e. The number of hydrogen-bond acceptors (Lipinski definition) is 3. The van der Waals surface area contributed by atoms with Gasteiger partial charge in [0.15, 0.2) is 0 Å². The summed E-state index contributed by atoms with van der Waals surface area (Å²) < 4.78 is 23.5. The molecule has 7 heteroatoms. The minimum atomic E-state index is -3.69. The molecule has 0 N–H and O–H groups in total. The number of hydrogen-bond donors (Lipinski definition) is 0. The maximum atomic E-state index is 11.8. The van der Waals surface area contributed by atoms with Gasteiger partial charge in [-0.15, -0.1) is 0 Å². The fourth-order valence-corrected chi connectivity index (χ4v) is 3.18. The Labute approximate surface area is 118 Å². The summed E-state index contributed by atoms with van der Waals surface area (Å²) in [7, 11) is 1.61. The van der Waals surface area contributed by atoms with Crippen molar-refractivity contribution >= 4 is 47.3 Å². The molecular weight excluding hydrogens is 342 g/mol. The second-order valence-electron chi connectivity index (χ2n) is 4.24. The van der Waals surface area contributed by atoms with Crippen molar-refractivity contribution in [2.24, 2.45) is 0 Å². The third-order valence-corrected chi connectivity index (χ3v) is 5.70. The fourth-order valence-electron chi connectivity index (χ4n) is 1.91. The van der Waals surface area contributed by atoms with Crippen LogP contribution in [-0.2, 0) is 13.8 Å².